The maximum atomic E-state index is 12.7. The number of para-hydroxylation sites is 1. The van der Waals surface area contributed by atoms with E-state index in [4.69, 9.17) is 4.84 Å². The van der Waals surface area contributed by atoms with Crippen LogP contribution in [0.3, 0.4) is 0 Å². The Morgan fingerprint density at radius 1 is 1.32 bits per heavy atom. The van der Waals surface area contributed by atoms with Gasteiger partial charge in [-0.1, -0.05) is 12.1 Å². The van der Waals surface area contributed by atoms with Gasteiger partial charge in [-0.05, 0) is 30.9 Å². The number of nitrogens with one attached hydrogen (secondary N) is 1. The van der Waals surface area contributed by atoms with Crippen LogP contribution in [0.25, 0.3) is 10.9 Å². The van der Waals surface area contributed by atoms with Crippen LogP contribution in [0.1, 0.15) is 23.2 Å². The second-order valence-corrected chi connectivity index (χ2v) is 6.15. The van der Waals surface area contributed by atoms with E-state index < -0.39 is 35.3 Å². The number of aromatic hydroxyl groups is 1. The standard InChI is InChI=1S/C16H15IN2O6/c17-25-12(20)7-18-15(22)13-14(21)10-3-1-2-4-11(10)19(16(13)23)24-8-9-5-6-9/h1-4,9,21H,5-8H2,(H,18,22). The number of halogens is 1. The molecule has 1 amide bonds. The van der Waals surface area contributed by atoms with E-state index in [1.54, 1.807) is 24.3 Å². The van der Waals surface area contributed by atoms with E-state index >= 15 is 0 Å². The Morgan fingerprint density at radius 2 is 2.04 bits per heavy atom. The van der Waals surface area contributed by atoms with Gasteiger partial charge in [0.2, 0.25) is 0 Å². The van der Waals surface area contributed by atoms with E-state index in [9.17, 15) is 19.5 Å². The monoisotopic (exact) mass is 458 g/mol. The molecule has 9 heteroatoms. The second kappa shape index (κ2) is 7.30. The number of rotatable bonds is 6. The zero-order chi connectivity index (χ0) is 18.0. The molecule has 132 valence electrons. The van der Waals surface area contributed by atoms with Crippen molar-refractivity contribution in [1.82, 2.24) is 10.0 Å². The summed E-state index contributed by atoms with van der Waals surface area (Å²) in [6.45, 7) is -0.0622. The molecule has 1 aromatic carbocycles. The number of benzene rings is 1. The first kappa shape index (κ1) is 17.5. The summed E-state index contributed by atoms with van der Waals surface area (Å²) < 4.78 is 5.44. The minimum Gasteiger partial charge on any atom is -0.506 e. The number of hydrogen-bond donors (Lipinski definition) is 2. The molecule has 0 bridgehead atoms. The zero-order valence-electron chi connectivity index (χ0n) is 13.0. The van der Waals surface area contributed by atoms with Crippen molar-refractivity contribution in [3.05, 3.63) is 40.2 Å². The third-order valence-corrected chi connectivity index (χ3v) is 4.35. The molecule has 0 radical (unpaired) electrons. The SMILES string of the molecule is O=C(CNC(=O)c1c(O)c2ccccc2n(OCC2CC2)c1=O)OI. The fraction of sp³-hybridized carbons (Fsp3) is 0.312. The normalized spacial score (nSPS) is 13.5. The number of fused-ring (bicyclic) bond motifs is 1. The lowest BCUT2D eigenvalue weighted by molar-refractivity contribution is -0.130. The Labute approximate surface area is 156 Å². The number of aromatic nitrogens is 1. The summed E-state index contributed by atoms with van der Waals surface area (Å²) >= 11 is 1.39. The fourth-order valence-electron chi connectivity index (χ4n) is 2.36. The van der Waals surface area contributed by atoms with Crippen LogP contribution >= 0.6 is 23.0 Å². The van der Waals surface area contributed by atoms with Crippen molar-refractivity contribution in [2.75, 3.05) is 13.2 Å². The third-order valence-electron chi connectivity index (χ3n) is 3.86. The third kappa shape index (κ3) is 3.70. The predicted molar refractivity (Wildman–Crippen MR) is 96.5 cm³/mol. The van der Waals surface area contributed by atoms with Crippen molar-refractivity contribution < 1.29 is 22.6 Å². The highest BCUT2D eigenvalue weighted by molar-refractivity contribution is 14.1. The van der Waals surface area contributed by atoms with Gasteiger partial charge in [0.25, 0.3) is 11.5 Å². The number of carbonyl (C=O) groups excluding carboxylic acids is 2. The lowest BCUT2D eigenvalue weighted by Gasteiger charge is -2.15. The van der Waals surface area contributed by atoms with Crippen LogP contribution in [0.4, 0.5) is 0 Å². The van der Waals surface area contributed by atoms with Crippen LogP contribution in [0, 0.1) is 5.92 Å². The predicted octanol–water partition coefficient (Wildman–Crippen LogP) is 1.17. The Morgan fingerprint density at radius 3 is 2.72 bits per heavy atom. The van der Waals surface area contributed by atoms with Gasteiger partial charge in [-0.3, -0.25) is 9.59 Å². The Hall–Kier alpha value is -2.30. The molecule has 25 heavy (non-hydrogen) atoms. The summed E-state index contributed by atoms with van der Waals surface area (Å²) in [5, 5.41) is 12.9. The van der Waals surface area contributed by atoms with Crippen LogP contribution in [0.2, 0.25) is 0 Å². The van der Waals surface area contributed by atoms with Gasteiger partial charge in [-0.25, -0.2) is 4.79 Å². The molecule has 0 unspecified atom stereocenters. The number of amides is 1. The van der Waals surface area contributed by atoms with E-state index in [-0.39, 0.29) is 0 Å². The van der Waals surface area contributed by atoms with Crippen LogP contribution < -0.4 is 15.7 Å². The average Bonchev–Trinajstić information content (AvgIpc) is 3.44. The number of pyridine rings is 1. The molecule has 8 nitrogen and oxygen atoms in total. The quantitative estimate of drug-likeness (QED) is 0.630. The molecule has 3 rings (SSSR count). The number of hydrogen-bond acceptors (Lipinski definition) is 6. The van der Waals surface area contributed by atoms with E-state index in [1.165, 1.54) is 23.0 Å². The molecule has 2 aromatic rings. The molecule has 0 aliphatic heterocycles. The highest BCUT2D eigenvalue weighted by Crippen LogP contribution is 2.29. The molecule has 1 aromatic heterocycles. The average molecular weight is 458 g/mol. The molecular weight excluding hydrogens is 443 g/mol. The van der Waals surface area contributed by atoms with Gasteiger partial charge in [0.1, 0.15) is 18.9 Å². The summed E-state index contributed by atoms with van der Waals surface area (Å²) in [7, 11) is 0. The minimum atomic E-state index is -0.876. The van der Waals surface area contributed by atoms with Crippen LogP contribution in [-0.2, 0) is 7.86 Å². The summed E-state index contributed by atoms with van der Waals surface area (Å²) in [6.07, 6.45) is 2.08. The molecule has 2 N–H and O–H groups in total. The summed E-state index contributed by atoms with van der Waals surface area (Å²) in [5.74, 6) is -1.61. The van der Waals surface area contributed by atoms with E-state index in [1.807, 2.05) is 0 Å². The molecule has 1 saturated carbocycles. The number of carbonyl (C=O) groups is 2. The van der Waals surface area contributed by atoms with Gasteiger partial charge in [-0.2, -0.15) is 0 Å². The topological polar surface area (TPSA) is 107 Å². The summed E-state index contributed by atoms with van der Waals surface area (Å²) in [4.78, 5) is 41.7. The molecular formula is C16H15IN2O6. The molecule has 0 atom stereocenters. The fourth-order valence-corrected chi connectivity index (χ4v) is 2.52. The van der Waals surface area contributed by atoms with E-state index in [0.717, 1.165) is 17.6 Å². The molecule has 1 aliphatic rings. The first-order valence-electron chi connectivity index (χ1n) is 7.62. The highest BCUT2D eigenvalue weighted by Gasteiger charge is 2.26. The van der Waals surface area contributed by atoms with Gasteiger partial charge in [0.05, 0.1) is 5.52 Å². The summed E-state index contributed by atoms with van der Waals surface area (Å²) in [6, 6.07) is 6.58. The lowest BCUT2D eigenvalue weighted by atomic mass is 10.1. The van der Waals surface area contributed by atoms with Crippen molar-refractivity contribution in [2.24, 2.45) is 5.92 Å². The maximum absolute atomic E-state index is 12.7. The van der Waals surface area contributed by atoms with E-state index in [0.29, 0.717) is 23.4 Å². The summed E-state index contributed by atoms with van der Waals surface area (Å²) in [5.41, 5.74) is -0.887. The van der Waals surface area contributed by atoms with Gasteiger partial charge < -0.3 is 18.3 Å². The van der Waals surface area contributed by atoms with Crippen LogP contribution in [0.5, 0.6) is 5.75 Å². The first-order chi connectivity index (χ1) is 12.0. The molecule has 0 saturated heterocycles. The van der Waals surface area contributed by atoms with E-state index in [2.05, 4.69) is 8.38 Å². The largest absolute Gasteiger partial charge is 0.506 e. The van der Waals surface area contributed by atoms with Crippen molar-refractivity contribution in [1.29, 1.82) is 0 Å². The highest BCUT2D eigenvalue weighted by atomic mass is 127. The number of nitrogens with zero attached hydrogens (tertiary/aromatic N) is 1. The molecule has 1 fully saturated rings. The van der Waals surface area contributed by atoms with Gasteiger partial charge in [-0.15, -0.1) is 4.73 Å². The van der Waals surface area contributed by atoms with Crippen molar-refractivity contribution in [3.8, 4) is 5.75 Å². The lowest BCUT2D eigenvalue weighted by Crippen LogP contribution is -2.38. The smallest absolute Gasteiger partial charge is 0.334 e. The van der Waals surface area contributed by atoms with Gasteiger partial charge in [0.15, 0.2) is 28.6 Å². The Bertz CT molecular complexity index is 890. The molecule has 1 aliphatic carbocycles. The van der Waals surface area contributed by atoms with Crippen molar-refractivity contribution in [2.45, 2.75) is 12.8 Å². The first-order valence-corrected chi connectivity index (χ1v) is 8.50. The Balaban J connectivity index is 2.03. The van der Waals surface area contributed by atoms with Crippen molar-refractivity contribution >= 4 is 45.8 Å². The van der Waals surface area contributed by atoms with Gasteiger partial charge in [0, 0.05) is 5.39 Å². The Kier molecular flexibility index (Phi) is 5.11. The maximum Gasteiger partial charge on any atom is 0.334 e. The van der Waals surface area contributed by atoms with Crippen LogP contribution in [0.15, 0.2) is 29.1 Å². The van der Waals surface area contributed by atoms with Crippen molar-refractivity contribution in [3.63, 3.8) is 0 Å². The second-order valence-electron chi connectivity index (χ2n) is 5.71. The van der Waals surface area contributed by atoms with Gasteiger partial charge >= 0.3 is 5.97 Å². The zero-order valence-corrected chi connectivity index (χ0v) is 15.2. The van der Waals surface area contributed by atoms with Crippen LogP contribution in [-0.4, -0.2) is 34.9 Å². The minimum absolute atomic E-state index is 0.305. The molecule has 0 spiro atoms. The molecule has 1 heterocycles.